The lowest BCUT2D eigenvalue weighted by molar-refractivity contribution is -0.384. The van der Waals surface area contributed by atoms with Crippen molar-refractivity contribution in [2.75, 3.05) is 17.1 Å². The molecule has 0 radical (unpaired) electrons. The average molecular weight is 478 g/mol. The van der Waals surface area contributed by atoms with Gasteiger partial charge >= 0.3 is 0 Å². The smallest absolute Gasteiger partial charge is 0.269 e. The van der Waals surface area contributed by atoms with Gasteiger partial charge in [-0.15, -0.1) is 0 Å². The molecule has 8 nitrogen and oxygen atoms in total. The van der Waals surface area contributed by atoms with E-state index in [0.717, 1.165) is 23.2 Å². The summed E-state index contributed by atoms with van der Waals surface area (Å²) in [5, 5.41) is 14.5. The first kappa shape index (κ1) is 22.0. The number of methoxy groups -OCH3 is 1. The third-order valence-electron chi connectivity index (χ3n) is 6.45. The van der Waals surface area contributed by atoms with Crippen LogP contribution in [-0.4, -0.2) is 20.5 Å². The highest BCUT2D eigenvalue weighted by Gasteiger charge is 2.38. The Kier molecular flexibility index (Phi) is 5.49. The van der Waals surface area contributed by atoms with E-state index >= 15 is 0 Å². The molecule has 34 heavy (non-hydrogen) atoms. The van der Waals surface area contributed by atoms with Crippen LogP contribution in [0.4, 0.5) is 17.1 Å². The van der Waals surface area contributed by atoms with Gasteiger partial charge in [0.1, 0.15) is 5.75 Å². The number of nitrogens with one attached hydrogen (secondary N) is 2. The lowest BCUT2D eigenvalue weighted by atomic mass is 9.77. The molecule has 1 aliphatic heterocycles. The van der Waals surface area contributed by atoms with Crippen molar-refractivity contribution in [2.24, 2.45) is 5.92 Å². The van der Waals surface area contributed by atoms with Crippen LogP contribution in [0.25, 0.3) is 0 Å². The highest BCUT2D eigenvalue weighted by Crippen LogP contribution is 2.50. The van der Waals surface area contributed by atoms with Crippen LogP contribution in [-0.2, 0) is 10.0 Å². The van der Waals surface area contributed by atoms with E-state index in [1.807, 2.05) is 0 Å². The average Bonchev–Trinajstić information content (AvgIpc) is 3.34. The Morgan fingerprint density at radius 1 is 1.06 bits per heavy atom. The molecular formula is C25H23N3O5S. The summed E-state index contributed by atoms with van der Waals surface area (Å²) in [4.78, 5) is 10.8. The third-order valence-corrected chi connectivity index (χ3v) is 7.83. The number of hydrogen-bond acceptors (Lipinski definition) is 6. The van der Waals surface area contributed by atoms with Gasteiger partial charge in [0.05, 0.1) is 23.0 Å². The maximum absolute atomic E-state index is 13.1. The van der Waals surface area contributed by atoms with E-state index < -0.39 is 14.9 Å². The molecule has 3 atom stereocenters. The highest BCUT2D eigenvalue weighted by atomic mass is 32.2. The molecular weight excluding hydrogens is 454 g/mol. The molecule has 0 spiro atoms. The minimum absolute atomic E-state index is 0.0341. The Morgan fingerprint density at radius 3 is 2.47 bits per heavy atom. The molecule has 3 aromatic rings. The number of nitrogens with zero attached hydrogens (tertiary/aromatic N) is 1. The second kappa shape index (κ2) is 8.49. The molecule has 9 heteroatoms. The third kappa shape index (κ3) is 3.99. The lowest BCUT2D eigenvalue weighted by Crippen LogP contribution is -2.29. The topological polar surface area (TPSA) is 111 Å². The van der Waals surface area contributed by atoms with Crippen LogP contribution >= 0.6 is 0 Å². The summed E-state index contributed by atoms with van der Waals surface area (Å²) in [6.45, 7) is 0. The van der Waals surface area contributed by atoms with Crippen LogP contribution < -0.4 is 14.8 Å². The molecule has 2 aliphatic rings. The molecule has 2 N–H and O–H groups in total. The summed E-state index contributed by atoms with van der Waals surface area (Å²) in [7, 11) is -2.23. The fourth-order valence-electron chi connectivity index (χ4n) is 4.75. The summed E-state index contributed by atoms with van der Waals surface area (Å²) < 4.78 is 33.9. The maximum atomic E-state index is 13.1. The van der Waals surface area contributed by atoms with Crippen molar-refractivity contribution < 1.29 is 18.1 Å². The van der Waals surface area contributed by atoms with Gasteiger partial charge in [0, 0.05) is 29.4 Å². The maximum Gasteiger partial charge on any atom is 0.269 e. The van der Waals surface area contributed by atoms with Gasteiger partial charge in [0.25, 0.3) is 15.7 Å². The van der Waals surface area contributed by atoms with Gasteiger partial charge in [0.2, 0.25) is 0 Å². The Balaban J connectivity index is 1.44. The van der Waals surface area contributed by atoms with Crippen molar-refractivity contribution in [2.45, 2.75) is 23.3 Å². The predicted octanol–water partition coefficient (Wildman–Crippen LogP) is 5.23. The summed E-state index contributed by atoms with van der Waals surface area (Å²) in [6, 6.07) is 18.4. The number of benzene rings is 3. The number of anilines is 2. The number of hydrogen-bond donors (Lipinski definition) is 2. The summed E-state index contributed by atoms with van der Waals surface area (Å²) >= 11 is 0. The van der Waals surface area contributed by atoms with Crippen molar-refractivity contribution in [1.29, 1.82) is 0 Å². The SMILES string of the molecule is COc1ccc(NS(=O)(=O)c2ccc3c(c2)[C@H]2C=CC[C@H]2[C@@H](c2ccc([N+](=O)[O-])cc2)N3)cc1. The van der Waals surface area contributed by atoms with Crippen molar-refractivity contribution >= 4 is 27.1 Å². The molecule has 3 aromatic carbocycles. The van der Waals surface area contributed by atoms with E-state index in [9.17, 15) is 18.5 Å². The molecule has 174 valence electrons. The standard InChI is InChI=1S/C25H23N3O5S/c1-33-19-11-7-17(8-12-19)27-34(31,32)20-13-14-24-23(15-20)21-3-2-4-22(21)25(26-24)16-5-9-18(10-6-16)28(29)30/h2-3,5-15,21-22,25-27H,4H2,1H3/t21-,22+,25+/m0/s1. The zero-order valence-corrected chi connectivity index (χ0v) is 19.2. The van der Waals surface area contributed by atoms with Crippen LogP contribution in [0.1, 0.15) is 29.5 Å². The van der Waals surface area contributed by atoms with Gasteiger partial charge in [0.15, 0.2) is 0 Å². The van der Waals surface area contributed by atoms with Crippen molar-refractivity contribution in [3.05, 3.63) is 100 Å². The molecule has 5 rings (SSSR count). The normalized spacial score (nSPS) is 20.7. The fraction of sp³-hybridized carbons (Fsp3) is 0.200. The lowest BCUT2D eigenvalue weighted by Gasteiger charge is -2.37. The second-order valence-electron chi connectivity index (χ2n) is 8.41. The summed E-state index contributed by atoms with van der Waals surface area (Å²) in [5.41, 5.74) is 3.26. The van der Waals surface area contributed by atoms with E-state index in [2.05, 4.69) is 22.2 Å². The Morgan fingerprint density at radius 2 is 1.79 bits per heavy atom. The largest absolute Gasteiger partial charge is 0.497 e. The van der Waals surface area contributed by atoms with Gasteiger partial charge < -0.3 is 10.1 Å². The van der Waals surface area contributed by atoms with Crippen LogP contribution in [0.15, 0.2) is 83.8 Å². The number of non-ortho nitro benzene ring substituents is 1. The second-order valence-corrected chi connectivity index (χ2v) is 10.1. The fourth-order valence-corrected chi connectivity index (χ4v) is 5.84. The molecule has 0 aromatic heterocycles. The highest BCUT2D eigenvalue weighted by molar-refractivity contribution is 7.92. The Bertz CT molecular complexity index is 1370. The van der Waals surface area contributed by atoms with Crippen LogP contribution in [0, 0.1) is 16.0 Å². The minimum Gasteiger partial charge on any atom is -0.497 e. The Labute approximate surface area is 197 Å². The number of ether oxygens (including phenoxy) is 1. The number of nitro benzene ring substituents is 1. The van der Waals surface area contributed by atoms with Gasteiger partial charge in [-0.3, -0.25) is 14.8 Å². The predicted molar refractivity (Wildman–Crippen MR) is 130 cm³/mol. The summed E-state index contributed by atoms with van der Waals surface area (Å²) in [5.74, 6) is 0.874. The Hall–Kier alpha value is -3.85. The van der Waals surface area contributed by atoms with Crippen LogP contribution in [0.3, 0.4) is 0 Å². The van der Waals surface area contributed by atoms with Crippen LogP contribution in [0.2, 0.25) is 0 Å². The van der Waals surface area contributed by atoms with Gasteiger partial charge in [-0.05, 0) is 65.9 Å². The first-order chi connectivity index (χ1) is 16.4. The minimum atomic E-state index is -3.78. The zero-order valence-electron chi connectivity index (χ0n) is 18.3. The van der Waals surface area contributed by atoms with E-state index in [4.69, 9.17) is 4.74 Å². The number of rotatable bonds is 6. The van der Waals surface area contributed by atoms with Crippen LogP contribution in [0.5, 0.6) is 5.75 Å². The van der Waals surface area contributed by atoms with E-state index in [1.165, 1.54) is 12.1 Å². The van der Waals surface area contributed by atoms with Gasteiger partial charge in [-0.25, -0.2) is 8.42 Å². The first-order valence-electron chi connectivity index (χ1n) is 10.8. The molecule has 0 fully saturated rings. The van der Waals surface area contributed by atoms with E-state index in [-0.39, 0.29) is 28.5 Å². The molecule has 0 bridgehead atoms. The summed E-state index contributed by atoms with van der Waals surface area (Å²) in [6.07, 6.45) is 5.07. The number of sulfonamides is 1. The monoisotopic (exact) mass is 477 g/mol. The number of fused-ring (bicyclic) bond motifs is 3. The van der Waals surface area contributed by atoms with Gasteiger partial charge in [-0.2, -0.15) is 0 Å². The molecule has 0 unspecified atom stereocenters. The first-order valence-corrected chi connectivity index (χ1v) is 12.3. The van der Waals surface area contributed by atoms with Crippen molar-refractivity contribution in [1.82, 2.24) is 0 Å². The molecule has 1 heterocycles. The van der Waals surface area contributed by atoms with E-state index in [1.54, 1.807) is 61.7 Å². The van der Waals surface area contributed by atoms with Crippen molar-refractivity contribution in [3.8, 4) is 5.75 Å². The quantitative estimate of drug-likeness (QED) is 0.286. The molecule has 1 aliphatic carbocycles. The van der Waals surface area contributed by atoms with Crippen molar-refractivity contribution in [3.63, 3.8) is 0 Å². The number of allylic oxidation sites excluding steroid dienone is 2. The van der Waals surface area contributed by atoms with Gasteiger partial charge in [-0.1, -0.05) is 24.3 Å². The molecule has 0 saturated heterocycles. The van der Waals surface area contributed by atoms with E-state index in [0.29, 0.717) is 11.4 Å². The number of nitro groups is 1. The zero-order chi connectivity index (χ0) is 23.9. The molecule has 0 amide bonds. The molecule has 0 saturated carbocycles.